The lowest BCUT2D eigenvalue weighted by molar-refractivity contribution is 0.0906. The number of hydrogen-bond donors (Lipinski definition) is 1. The van der Waals surface area contributed by atoms with E-state index in [0.29, 0.717) is 31.0 Å². The minimum Gasteiger partial charge on any atom is -0.376 e. The number of nitrogens with one attached hydrogen (secondary N) is 1. The van der Waals surface area contributed by atoms with Gasteiger partial charge in [-0.25, -0.2) is 4.68 Å². The largest absolute Gasteiger partial charge is 0.376 e. The molecule has 0 bridgehead atoms. The van der Waals surface area contributed by atoms with Crippen molar-refractivity contribution >= 4 is 10.9 Å². The summed E-state index contributed by atoms with van der Waals surface area (Å²) in [6, 6.07) is 28.6. The zero-order valence-electron chi connectivity index (χ0n) is 23.4. The van der Waals surface area contributed by atoms with Gasteiger partial charge < -0.3 is 9.72 Å². The first-order valence-corrected chi connectivity index (χ1v) is 14.5. The number of aromatic nitrogens is 5. The molecule has 1 aliphatic heterocycles. The fourth-order valence-corrected chi connectivity index (χ4v) is 5.75. The minimum atomic E-state index is -0.464. The number of rotatable bonds is 11. The van der Waals surface area contributed by atoms with Crippen molar-refractivity contribution < 1.29 is 4.74 Å². The molecule has 41 heavy (non-hydrogen) atoms. The average Bonchev–Trinajstić information content (AvgIpc) is 3.70. The number of fused-ring (bicyclic) bond motifs is 1. The smallest absolute Gasteiger partial charge is 0.253 e. The second-order valence-corrected chi connectivity index (χ2v) is 10.8. The highest BCUT2D eigenvalue weighted by molar-refractivity contribution is 5.80. The predicted octanol–water partition coefficient (Wildman–Crippen LogP) is 5.09. The number of nitrogens with zero attached hydrogens (tertiary/aromatic N) is 5. The number of aromatic amines is 1. The third-order valence-corrected chi connectivity index (χ3v) is 7.97. The lowest BCUT2D eigenvalue weighted by Gasteiger charge is -2.31. The summed E-state index contributed by atoms with van der Waals surface area (Å²) in [5.74, 6) is 0.654. The van der Waals surface area contributed by atoms with E-state index < -0.39 is 6.04 Å². The van der Waals surface area contributed by atoms with Crippen LogP contribution in [0.15, 0.2) is 89.7 Å². The van der Waals surface area contributed by atoms with Crippen LogP contribution in [0.1, 0.15) is 53.9 Å². The molecule has 1 saturated heterocycles. The maximum absolute atomic E-state index is 13.8. The molecule has 1 N–H and O–H groups in total. The van der Waals surface area contributed by atoms with Gasteiger partial charge in [0.25, 0.3) is 5.56 Å². The maximum Gasteiger partial charge on any atom is 0.253 e. The number of hydrogen-bond acceptors (Lipinski definition) is 6. The molecule has 8 nitrogen and oxygen atoms in total. The number of tetrazole rings is 1. The maximum atomic E-state index is 13.8. The monoisotopic (exact) mass is 548 g/mol. The fraction of sp³-hybridized carbons (Fsp3) is 0.333. The van der Waals surface area contributed by atoms with Gasteiger partial charge in [0.05, 0.1) is 12.6 Å². The van der Waals surface area contributed by atoms with Gasteiger partial charge in [-0.15, -0.1) is 5.10 Å². The highest BCUT2D eigenvalue weighted by atomic mass is 16.5. The van der Waals surface area contributed by atoms with E-state index in [4.69, 9.17) is 4.74 Å². The first-order chi connectivity index (χ1) is 20.2. The Bertz CT molecular complexity index is 1630. The fourth-order valence-electron chi connectivity index (χ4n) is 5.75. The number of aryl methyl sites for hydroxylation is 1. The van der Waals surface area contributed by atoms with Crippen LogP contribution in [0, 0.1) is 0 Å². The molecular weight excluding hydrogens is 512 g/mol. The second kappa shape index (κ2) is 12.6. The highest BCUT2D eigenvalue weighted by Crippen LogP contribution is 2.30. The molecule has 1 aliphatic rings. The summed E-state index contributed by atoms with van der Waals surface area (Å²) in [7, 11) is 0. The molecule has 0 spiro atoms. The molecule has 0 amide bonds. The summed E-state index contributed by atoms with van der Waals surface area (Å²) in [5.41, 5.74) is 4.96. The average molecular weight is 549 g/mol. The van der Waals surface area contributed by atoms with Crippen molar-refractivity contribution in [3.8, 4) is 0 Å². The van der Waals surface area contributed by atoms with Gasteiger partial charge in [0.2, 0.25) is 0 Å². The third-order valence-electron chi connectivity index (χ3n) is 7.97. The van der Waals surface area contributed by atoms with E-state index >= 15 is 0 Å². The van der Waals surface area contributed by atoms with Crippen LogP contribution in [0.4, 0.5) is 0 Å². The van der Waals surface area contributed by atoms with Crippen LogP contribution in [-0.2, 0) is 30.7 Å². The summed E-state index contributed by atoms with van der Waals surface area (Å²) in [4.78, 5) is 19.3. The third kappa shape index (κ3) is 6.29. The first kappa shape index (κ1) is 27.1. The lowest BCUT2D eigenvalue weighted by atomic mass is 10.00. The lowest BCUT2D eigenvalue weighted by Crippen LogP contribution is -2.37. The van der Waals surface area contributed by atoms with Gasteiger partial charge in [-0.1, -0.05) is 73.7 Å². The van der Waals surface area contributed by atoms with Gasteiger partial charge >= 0.3 is 0 Å². The Balaban J connectivity index is 1.47. The number of benzene rings is 3. The summed E-state index contributed by atoms with van der Waals surface area (Å²) >= 11 is 0. The van der Waals surface area contributed by atoms with Crippen molar-refractivity contribution in [3.05, 3.63) is 123 Å². The molecule has 0 aliphatic carbocycles. The Kier molecular flexibility index (Phi) is 8.30. The molecule has 0 saturated carbocycles. The second-order valence-electron chi connectivity index (χ2n) is 10.8. The van der Waals surface area contributed by atoms with E-state index in [-0.39, 0.29) is 11.7 Å². The molecule has 5 aromatic rings. The topological polar surface area (TPSA) is 88.9 Å². The normalized spacial score (nSPS) is 16.0. The number of H-pyrrole nitrogens is 1. The SMILES string of the molecule is CCc1ccc2[nH]c(=O)c(C(c3nnnn3CC3CCCO3)N(CCc3ccccc3)Cc3ccccc3)cc2c1. The van der Waals surface area contributed by atoms with Crippen molar-refractivity contribution in [1.82, 2.24) is 30.1 Å². The molecule has 0 radical (unpaired) electrons. The molecule has 2 aromatic heterocycles. The quantitative estimate of drug-likeness (QED) is 0.247. The van der Waals surface area contributed by atoms with Crippen LogP contribution in [0.2, 0.25) is 0 Å². The van der Waals surface area contributed by atoms with Gasteiger partial charge in [0, 0.05) is 30.8 Å². The van der Waals surface area contributed by atoms with E-state index in [1.54, 1.807) is 0 Å². The summed E-state index contributed by atoms with van der Waals surface area (Å²) in [6.07, 6.45) is 3.81. The summed E-state index contributed by atoms with van der Waals surface area (Å²) in [6.45, 7) is 4.80. The molecule has 210 valence electrons. The van der Waals surface area contributed by atoms with Crippen LogP contribution in [-0.4, -0.2) is 49.3 Å². The molecule has 2 atom stereocenters. The van der Waals surface area contributed by atoms with Crippen molar-refractivity contribution in [2.45, 2.75) is 57.8 Å². The Labute approximate surface area is 240 Å². The van der Waals surface area contributed by atoms with E-state index in [2.05, 4.69) is 93.0 Å². The summed E-state index contributed by atoms with van der Waals surface area (Å²) < 4.78 is 7.78. The van der Waals surface area contributed by atoms with Gasteiger partial charge in [-0.05, 0) is 76.4 Å². The Morgan fingerprint density at radius 1 is 1.00 bits per heavy atom. The standard InChI is InChI=1S/C33H36N6O2/c1-2-24-15-16-30-27(20-24)21-29(33(40)34-30)31(32-35-36-37-39(32)23-28-14-9-19-41-28)38(22-26-12-7-4-8-13-26)18-17-25-10-5-3-6-11-25/h3-8,10-13,15-16,20-21,28,31H,2,9,14,17-19,22-23H2,1H3,(H,34,40). The van der Waals surface area contributed by atoms with Crippen molar-refractivity contribution in [2.24, 2.45) is 0 Å². The van der Waals surface area contributed by atoms with Gasteiger partial charge in [-0.3, -0.25) is 9.69 Å². The zero-order chi connectivity index (χ0) is 28.0. The van der Waals surface area contributed by atoms with Crippen LogP contribution >= 0.6 is 0 Å². The Morgan fingerprint density at radius 2 is 1.78 bits per heavy atom. The van der Waals surface area contributed by atoms with Crippen LogP contribution in [0.5, 0.6) is 0 Å². The van der Waals surface area contributed by atoms with Crippen molar-refractivity contribution in [1.29, 1.82) is 0 Å². The molecule has 6 rings (SSSR count). The minimum absolute atomic E-state index is 0.0618. The van der Waals surface area contributed by atoms with E-state index in [1.165, 1.54) is 11.1 Å². The van der Waals surface area contributed by atoms with Crippen molar-refractivity contribution in [2.75, 3.05) is 13.2 Å². The van der Waals surface area contributed by atoms with Crippen LogP contribution in [0.3, 0.4) is 0 Å². The van der Waals surface area contributed by atoms with Crippen molar-refractivity contribution in [3.63, 3.8) is 0 Å². The van der Waals surface area contributed by atoms with Crippen LogP contribution < -0.4 is 5.56 Å². The Hall–Kier alpha value is -4.14. The Morgan fingerprint density at radius 3 is 2.51 bits per heavy atom. The molecule has 1 fully saturated rings. The highest BCUT2D eigenvalue weighted by Gasteiger charge is 2.32. The van der Waals surface area contributed by atoms with E-state index in [1.807, 2.05) is 28.9 Å². The number of pyridine rings is 1. The van der Waals surface area contributed by atoms with E-state index in [9.17, 15) is 4.79 Å². The molecule has 2 unspecified atom stereocenters. The van der Waals surface area contributed by atoms with Gasteiger partial charge in [0.15, 0.2) is 5.82 Å². The molecular formula is C33H36N6O2. The first-order valence-electron chi connectivity index (χ1n) is 14.5. The van der Waals surface area contributed by atoms with Gasteiger partial charge in [0.1, 0.15) is 6.04 Å². The van der Waals surface area contributed by atoms with Crippen LogP contribution in [0.25, 0.3) is 10.9 Å². The summed E-state index contributed by atoms with van der Waals surface area (Å²) in [5, 5.41) is 14.1. The molecule has 3 aromatic carbocycles. The number of ether oxygens (including phenoxy) is 1. The predicted molar refractivity (Wildman–Crippen MR) is 160 cm³/mol. The zero-order valence-corrected chi connectivity index (χ0v) is 23.4. The molecule has 8 heteroatoms. The van der Waals surface area contributed by atoms with E-state index in [0.717, 1.165) is 48.8 Å². The van der Waals surface area contributed by atoms with Gasteiger partial charge in [-0.2, -0.15) is 0 Å². The molecule has 3 heterocycles.